The summed E-state index contributed by atoms with van der Waals surface area (Å²) in [4.78, 5) is 8.62. The number of hydrogen-bond donors (Lipinski definition) is 0. The molecule has 2 nitrogen and oxygen atoms in total. The van der Waals surface area contributed by atoms with Gasteiger partial charge in [-0.25, -0.2) is 9.97 Å². The highest BCUT2D eigenvalue weighted by atomic mass is 35.5. The van der Waals surface area contributed by atoms with E-state index < -0.39 is 0 Å². The molecule has 2 aromatic heterocycles. The lowest BCUT2D eigenvalue weighted by atomic mass is 9.98. The highest BCUT2D eigenvalue weighted by Crippen LogP contribution is 2.32. The molecule has 2 atom stereocenters. The Morgan fingerprint density at radius 3 is 2.93 bits per heavy atom. The molecule has 0 saturated heterocycles. The SMILES string of the molecule is CCC(c1ncnc2ccsc12)C(C)Cl. The zero-order chi connectivity index (χ0) is 10.8. The molecule has 0 spiro atoms. The van der Waals surface area contributed by atoms with E-state index in [1.54, 1.807) is 17.7 Å². The molecule has 15 heavy (non-hydrogen) atoms. The predicted molar refractivity (Wildman–Crippen MR) is 65.8 cm³/mol. The van der Waals surface area contributed by atoms with Gasteiger partial charge in [-0.15, -0.1) is 22.9 Å². The maximum absolute atomic E-state index is 6.19. The molecule has 4 heteroatoms. The zero-order valence-corrected chi connectivity index (χ0v) is 10.3. The predicted octanol–water partition coefficient (Wildman–Crippen LogP) is 3.81. The summed E-state index contributed by atoms with van der Waals surface area (Å²) in [6, 6.07) is 2.02. The Hall–Kier alpha value is -0.670. The van der Waals surface area contributed by atoms with Crippen LogP contribution >= 0.6 is 22.9 Å². The van der Waals surface area contributed by atoms with Crippen LogP contribution in [0.5, 0.6) is 0 Å². The van der Waals surface area contributed by atoms with Crippen LogP contribution in [0.25, 0.3) is 10.2 Å². The fourth-order valence-corrected chi connectivity index (χ4v) is 3.00. The number of halogens is 1. The van der Waals surface area contributed by atoms with Crippen molar-refractivity contribution in [2.24, 2.45) is 0 Å². The van der Waals surface area contributed by atoms with Crippen LogP contribution in [0.4, 0.5) is 0 Å². The van der Waals surface area contributed by atoms with Crippen LogP contribution in [0.3, 0.4) is 0 Å². The Balaban J connectivity index is 2.54. The van der Waals surface area contributed by atoms with Gasteiger partial charge in [0.05, 0.1) is 15.9 Å². The molecule has 0 N–H and O–H groups in total. The third-order valence-electron chi connectivity index (χ3n) is 2.62. The fraction of sp³-hybridized carbons (Fsp3) is 0.455. The molecule has 0 amide bonds. The number of nitrogens with zero attached hydrogens (tertiary/aromatic N) is 2. The van der Waals surface area contributed by atoms with Crippen LogP contribution < -0.4 is 0 Å². The molecule has 0 fully saturated rings. The molecule has 2 heterocycles. The Morgan fingerprint density at radius 1 is 1.47 bits per heavy atom. The van der Waals surface area contributed by atoms with Crippen molar-refractivity contribution < 1.29 is 0 Å². The van der Waals surface area contributed by atoms with E-state index in [2.05, 4.69) is 22.3 Å². The third kappa shape index (κ3) is 1.99. The number of aromatic nitrogens is 2. The maximum Gasteiger partial charge on any atom is 0.116 e. The normalized spacial score (nSPS) is 15.4. The number of fused-ring (bicyclic) bond motifs is 1. The third-order valence-corrected chi connectivity index (χ3v) is 3.85. The Bertz CT molecular complexity index is 453. The van der Waals surface area contributed by atoms with Crippen molar-refractivity contribution in [2.45, 2.75) is 31.6 Å². The second-order valence-corrected chi connectivity index (χ2v) is 5.19. The van der Waals surface area contributed by atoms with Crippen LogP contribution in [0.15, 0.2) is 17.8 Å². The summed E-state index contributed by atoms with van der Waals surface area (Å²) >= 11 is 7.88. The van der Waals surface area contributed by atoms with Crippen LogP contribution in [-0.4, -0.2) is 15.3 Å². The van der Waals surface area contributed by atoms with Crippen molar-refractivity contribution in [1.82, 2.24) is 9.97 Å². The molecule has 0 aliphatic rings. The van der Waals surface area contributed by atoms with E-state index >= 15 is 0 Å². The van der Waals surface area contributed by atoms with Gasteiger partial charge in [-0.05, 0) is 24.8 Å². The first kappa shape index (κ1) is 10.8. The summed E-state index contributed by atoms with van der Waals surface area (Å²) in [7, 11) is 0. The van der Waals surface area contributed by atoms with Gasteiger partial charge in [-0.3, -0.25) is 0 Å². The van der Waals surface area contributed by atoms with E-state index in [4.69, 9.17) is 11.6 Å². The molecule has 0 radical (unpaired) electrons. The first-order valence-corrected chi connectivity index (χ1v) is 6.37. The number of rotatable bonds is 3. The minimum absolute atomic E-state index is 0.107. The highest BCUT2D eigenvalue weighted by molar-refractivity contribution is 7.17. The first-order chi connectivity index (χ1) is 7.24. The molecule has 80 valence electrons. The summed E-state index contributed by atoms with van der Waals surface area (Å²) in [6.45, 7) is 4.17. The molecular formula is C11H13ClN2S. The zero-order valence-electron chi connectivity index (χ0n) is 8.77. The first-order valence-electron chi connectivity index (χ1n) is 5.06. The van der Waals surface area contributed by atoms with E-state index in [1.807, 2.05) is 13.0 Å². The van der Waals surface area contributed by atoms with E-state index in [9.17, 15) is 0 Å². The van der Waals surface area contributed by atoms with Gasteiger partial charge in [-0.2, -0.15) is 0 Å². The van der Waals surface area contributed by atoms with Crippen LogP contribution in [0.1, 0.15) is 31.9 Å². The van der Waals surface area contributed by atoms with Crippen LogP contribution in [0, 0.1) is 0 Å². The second kappa shape index (κ2) is 4.45. The van der Waals surface area contributed by atoms with E-state index in [-0.39, 0.29) is 5.38 Å². The Kier molecular flexibility index (Phi) is 3.22. The van der Waals surface area contributed by atoms with Gasteiger partial charge in [-0.1, -0.05) is 6.92 Å². The fourth-order valence-electron chi connectivity index (χ4n) is 1.81. The molecular weight excluding hydrogens is 228 g/mol. The number of thiophene rings is 1. The van der Waals surface area contributed by atoms with Crippen molar-refractivity contribution >= 4 is 33.2 Å². The smallest absolute Gasteiger partial charge is 0.116 e. The summed E-state index contributed by atoms with van der Waals surface area (Å²) < 4.78 is 1.18. The Morgan fingerprint density at radius 2 is 2.27 bits per heavy atom. The maximum atomic E-state index is 6.19. The van der Waals surface area contributed by atoms with E-state index in [1.165, 1.54) is 4.70 Å². The van der Waals surface area contributed by atoms with Crippen LogP contribution in [0.2, 0.25) is 0 Å². The summed E-state index contributed by atoms with van der Waals surface area (Å²) in [5.41, 5.74) is 2.13. The van der Waals surface area contributed by atoms with Crippen molar-refractivity contribution in [2.75, 3.05) is 0 Å². The lowest BCUT2D eigenvalue weighted by Gasteiger charge is -2.16. The van der Waals surface area contributed by atoms with Crippen molar-refractivity contribution in [3.05, 3.63) is 23.5 Å². The number of hydrogen-bond acceptors (Lipinski definition) is 3. The molecule has 0 saturated carbocycles. The van der Waals surface area contributed by atoms with Gasteiger partial charge in [0.25, 0.3) is 0 Å². The second-order valence-electron chi connectivity index (χ2n) is 3.59. The van der Waals surface area contributed by atoms with Crippen molar-refractivity contribution in [1.29, 1.82) is 0 Å². The monoisotopic (exact) mass is 240 g/mol. The molecule has 0 aromatic carbocycles. The lowest BCUT2D eigenvalue weighted by Crippen LogP contribution is -2.10. The van der Waals surface area contributed by atoms with Gasteiger partial charge in [0, 0.05) is 11.3 Å². The van der Waals surface area contributed by atoms with Crippen LogP contribution in [-0.2, 0) is 0 Å². The number of alkyl halides is 1. The van der Waals surface area contributed by atoms with Gasteiger partial charge in [0.1, 0.15) is 6.33 Å². The van der Waals surface area contributed by atoms with Gasteiger partial charge in [0.15, 0.2) is 0 Å². The van der Waals surface area contributed by atoms with Gasteiger partial charge < -0.3 is 0 Å². The summed E-state index contributed by atoms with van der Waals surface area (Å²) in [5, 5.41) is 2.16. The minimum atomic E-state index is 0.107. The van der Waals surface area contributed by atoms with E-state index in [0.717, 1.165) is 17.6 Å². The largest absolute Gasteiger partial charge is 0.240 e. The van der Waals surface area contributed by atoms with Crippen molar-refractivity contribution in [3.63, 3.8) is 0 Å². The average Bonchev–Trinajstić information content (AvgIpc) is 2.66. The van der Waals surface area contributed by atoms with E-state index in [0.29, 0.717) is 5.92 Å². The Labute approximate surface area is 98.3 Å². The summed E-state index contributed by atoms with van der Waals surface area (Å²) in [5.74, 6) is 0.316. The standard InChI is InChI=1S/C11H13ClN2S/c1-3-8(7(2)12)10-11-9(4-5-15-11)13-6-14-10/h4-8H,3H2,1-2H3. The molecule has 2 aromatic rings. The molecule has 2 rings (SSSR count). The molecule has 0 aliphatic carbocycles. The molecule has 2 unspecified atom stereocenters. The minimum Gasteiger partial charge on any atom is -0.240 e. The molecule has 0 aliphatic heterocycles. The van der Waals surface area contributed by atoms with Gasteiger partial charge >= 0.3 is 0 Å². The molecule has 0 bridgehead atoms. The summed E-state index contributed by atoms with van der Waals surface area (Å²) in [6.07, 6.45) is 2.64. The quantitative estimate of drug-likeness (QED) is 0.763. The van der Waals surface area contributed by atoms with Crippen molar-refractivity contribution in [3.8, 4) is 0 Å². The van der Waals surface area contributed by atoms with Gasteiger partial charge in [0.2, 0.25) is 0 Å². The lowest BCUT2D eigenvalue weighted by molar-refractivity contribution is 0.636. The average molecular weight is 241 g/mol. The highest BCUT2D eigenvalue weighted by Gasteiger charge is 2.20. The topological polar surface area (TPSA) is 25.8 Å².